The molecule has 2 rings (SSSR count). The number of ketones is 1. The van der Waals surface area contributed by atoms with Crippen LogP contribution < -0.4 is 5.32 Å². The fourth-order valence-corrected chi connectivity index (χ4v) is 2.11. The van der Waals surface area contributed by atoms with Crippen molar-refractivity contribution in [3.8, 4) is 0 Å². The highest BCUT2D eigenvalue weighted by Crippen LogP contribution is 2.23. The van der Waals surface area contributed by atoms with Gasteiger partial charge in [0.2, 0.25) is 5.78 Å². The second-order valence-corrected chi connectivity index (χ2v) is 5.18. The van der Waals surface area contributed by atoms with E-state index in [4.69, 9.17) is 11.6 Å². The third kappa shape index (κ3) is 4.39. The van der Waals surface area contributed by atoms with Crippen LogP contribution in [0.2, 0.25) is 5.02 Å². The Balaban J connectivity index is 2.38. The minimum Gasteiger partial charge on any atom is -0.465 e. The first-order valence-corrected chi connectivity index (χ1v) is 7.21. The van der Waals surface area contributed by atoms with Gasteiger partial charge in [-0.15, -0.1) is 0 Å². The predicted molar refractivity (Wildman–Crippen MR) is 85.8 cm³/mol. The van der Waals surface area contributed by atoms with Gasteiger partial charge in [0.25, 0.3) is 0 Å². The summed E-state index contributed by atoms with van der Waals surface area (Å²) in [6.45, 7) is 0. The molecule has 0 aliphatic rings. The number of nitrogens with one attached hydrogen (secondary N) is 1. The summed E-state index contributed by atoms with van der Waals surface area (Å²) in [6.07, 6.45) is 1.01. The van der Waals surface area contributed by atoms with Gasteiger partial charge < -0.3 is 10.1 Å². The highest BCUT2D eigenvalue weighted by molar-refractivity contribution is 6.37. The predicted octanol–water partition coefficient (Wildman–Crippen LogP) is 4.11. The number of anilines is 1. The molecule has 0 aliphatic heterocycles. The number of methoxy groups -OCH3 is 1. The van der Waals surface area contributed by atoms with Crippen LogP contribution in [0.25, 0.3) is 0 Å². The molecule has 0 radical (unpaired) electrons. The topological polar surface area (TPSA) is 55.4 Å². The minimum absolute atomic E-state index is 0.361. The van der Waals surface area contributed by atoms with Crippen molar-refractivity contribution in [1.29, 1.82) is 0 Å². The molecule has 0 spiro atoms. The van der Waals surface area contributed by atoms with Crippen LogP contribution in [0, 0.1) is 17.5 Å². The van der Waals surface area contributed by atoms with E-state index in [1.54, 1.807) is 0 Å². The molecule has 0 aliphatic carbocycles. The quantitative estimate of drug-likeness (QED) is 0.215. The second-order valence-electron chi connectivity index (χ2n) is 4.78. The van der Waals surface area contributed by atoms with Crippen molar-refractivity contribution in [1.82, 2.24) is 0 Å². The molecule has 0 amide bonds. The number of esters is 1. The highest BCUT2D eigenvalue weighted by atomic mass is 35.5. The summed E-state index contributed by atoms with van der Waals surface area (Å²) in [5.74, 6) is -4.96. The largest absolute Gasteiger partial charge is 0.465 e. The maximum atomic E-state index is 13.4. The molecule has 2 aromatic rings. The Morgan fingerprint density at radius 2 is 1.68 bits per heavy atom. The van der Waals surface area contributed by atoms with Crippen LogP contribution in [0.1, 0.15) is 10.4 Å². The number of rotatable bonds is 5. The monoisotopic (exact) mass is 369 g/mol. The SMILES string of the molecule is COC(=O)C(=CNc1ccc(F)cc1)C(=O)c1cc(F)c(F)cc1Cl. The Morgan fingerprint density at radius 1 is 1.08 bits per heavy atom. The van der Waals surface area contributed by atoms with Crippen LogP contribution >= 0.6 is 11.6 Å². The Bertz CT molecular complexity index is 851. The van der Waals surface area contributed by atoms with Gasteiger partial charge in [-0.3, -0.25) is 4.79 Å². The molecule has 0 fully saturated rings. The minimum atomic E-state index is -1.29. The zero-order valence-electron chi connectivity index (χ0n) is 12.8. The summed E-state index contributed by atoms with van der Waals surface area (Å²) < 4.78 is 43.9. The molecule has 4 nitrogen and oxygen atoms in total. The molecule has 1 N–H and O–H groups in total. The molecule has 25 heavy (non-hydrogen) atoms. The molecule has 130 valence electrons. The lowest BCUT2D eigenvalue weighted by Crippen LogP contribution is -2.17. The van der Waals surface area contributed by atoms with Gasteiger partial charge in [-0.2, -0.15) is 0 Å². The number of Topliss-reactive ketones (excluding diaryl/α,β-unsaturated/α-hetero) is 1. The molecule has 2 aromatic carbocycles. The zero-order valence-corrected chi connectivity index (χ0v) is 13.5. The van der Waals surface area contributed by atoms with E-state index in [0.717, 1.165) is 13.3 Å². The van der Waals surface area contributed by atoms with Gasteiger partial charge in [-0.1, -0.05) is 11.6 Å². The fraction of sp³-hybridized carbons (Fsp3) is 0.0588. The summed E-state index contributed by atoms with van der Waals surface area (Å²) in [5, 5.41) is 2.26. The van der Waals surface area contributed by atoms with E-state index in [9.17, 15) is 22.8 Å². The molecule has 8 heteroatoms. The highest BCUT2D eigenvalue weighted by Gasteiger charge is 2.24. The van der Waals surface area contributed by atoms with Gasteiger partial charge in [-0.25, -0.2) is 18.0 Å². The standard InChI is InChI=1S/C17H11ClF3NO3/c1-25-17(24)12(8-22-10-4-2-9(19)3-5-10)16(23)11-6-14(20)15(21)7-13(11)18/h2-8,22H,1H3. The van der Waals surface area contributed by atoms with Gasteiger partial charge in [-0.05, 0) is 36.4 Å². The average Bonchev–Trinajstić information content (AvgIpc) is 2.59. The lowest BCUT2D eigenvalue weighted by atomic mass is 10.0. The van der Waals surface area contributed by atoms with Crippen LogP contribution in [0.15, 0.2) is 48.2 Å². The lowest BCUT2D eigenvalue weighted by Gasteiger charge is -2.08. The van der Waals surface area contributed by atoms with Gasteiger partial charge in [0.05, 0.1) is 12.1 Å². The maximum Gasteiger partial charge on any atom is 0.343 e. The van der Waals surface area contributed by atoms with Crippen molar-refractivity contribution in [3.05, 3.63) is 76.2 Å². The molecule has 0 saturated carbocycles. The second kappa shape index (κ2) is 7.85. The van der Waals surface area contributed by atoms with Gasteiger partial charge in [0.15, 0.2) is 11.6 Å². The summed E-state index contributed by atoms with van der Waals surface area (Å²) in [4.78, 5) is 24.3. The van der Waals surface area contributed by atoms with E-state index >= 15 is 0 Å². The zero-order chi connectivity index (χ0) is 18.6. The number of halogens is 4. The number of carbonyl (C=O) groups excluding carboxylic acids is 2. The summed E-state index contributed by atoms with van der Waals surface area (Å²) in [7, 11) is 1.05. The van der Waals surface area contributed by atoms with Crippen LogP contribution in [0.3, 0.4) is 0 Å². The van der Waals surface area contributed by atoms with Crippen LogP contribution in [0.5, 0.6) is 0 Å². The Morgan fingerprint density at radius 3 is 2.28 bits per heavy atom. The Kier molecular flexibility index (Phi) is 5.82. The van der Waals surface area contributed by atoms with E-state index in [0.29, 0.717) is 17.8 Å². The van der Waals surface area contributed by atoms with Crippen LogP contribution in [-0.2, 0) is 9.53 Å². The van der Waals surface area contributed by atoms with Crippen molar-refractivity contribution in [2.45, 2.75) is 0 Å². The first kappa shape index (κ1) is 18.5. The van der Waals surface area contributed by atoms with Crippen molar-refractivity contribution < 1.29 is 27.5 Å². The van der Waals surface area contributed by atoms with Gasteiger partial charge in [0, 0.05) is 17.5 Å². The fourth-order valence-electron chi connectivity index (χ4n) is 1.87. The molecule has 0 heterocycles. The van der Waals surface area contributed by atoms with E-state index in [1.807, 2.05) is 0 Å². The number of ether oxygens (including phenoxy) is 1. The number of carbonyl (C=O) groups is 2. The third-order valence-corrected chi connectivity index (χ3v) is 3.44. The first-order valence-electron chi connectivity index (χ1n) is 6.83. The molecule has 0 unspecified atom stereocenters. The number of benzene rings is 2. The molecular weight excluding hydrogens is 359 g/mol. The van der Waals surface area contributed by atoms with Gasteiger partial charge in [0.1, 0.15) is 11.4 Å². The first-order chi connectivity index (χ1) is 11.8. The molecule has 0 atom stereocenters. The van der Waals surface area contributed by atoms with E-state index in [-0.39, 0.29) is 5.02 Å². The van der Waals surface area contributed by atoms with Crippen molar-refractivity contribution in [2.24, 2.45) is 0 Å². The Labute approximate surface area is 145 Å². The molecule has 0 bridgehead atoms. The molecule has 0 saturated heterocycles. The summed E-state index contributed by atoms with van der Waals surface area (Å²) >= 11 is 5.75. The van der Waals surface area contributed by atoms with Crippen LogP contribution in [-0.4, -0.2) is 18.9 Å². The Hall–Kier alpha value is -2.80. The van der Waals surface area contributed by atoms with Crippen molar-refractivity contribution in [3.63, 3.8) is 0 Å². The normalized spacial score (nSPS) is 11.2. The summed E-state index contributed by atoms with van der Waals surface area (Å²) in [6, 6.07) is 6.30. The maximum absolute atomic E-state index is 13.4. The smallest absolute Gasteiger partial charge is 0.343 e. The van der Waals surface area contributed by atoms with E-state index in [2.05, 4.69) is 10.1 Å². The third-order valence-electron chi connectivity index (χ3n) is 3.13. The number of hydrogen-bond donors (Lipinski definition) is 1. The van der Waals surface area contributed by atoms with Crippen molar-refractivity contribution >= 4 is 29.0 Å². The van der Waals surface area contributed by atoms with E-state index in [1.165, 1.54) is 24.3 Å². The van der Waals surface area contributed by atoms with Crippen molar-refractivity contribution in [2.75, 3.05) is 12.4 Å². The van der Waals surface area contributed by atoms with E-state index < -0.39 is 40.3 Å². The number of hydrogen-bond acceptors (Lipinski definition) is 4. The average molecular weight is 370 g/mol. The van der Waals surface area contributed by atoms with Crippen LogP contribution in [0.4, 0.5) is 18.9 Å². The lowest BCUT2D eigenvalue weighted by molar-refractivity contribution is -0.135. The molecular formula is C17H11ClF3NO3. The summed E-state index contributed by atoms with van der Waals surface area (Å²) in [5.41, 5.74) is -0.523. The van der Waals surface area contributed by atoms with Gasteiger partial charge >= 0.3 is 5.97 Å². The molecule has 0 aromatic heterocycles.